The molecule has 0 fully saturated rings. The van der Waals surface area contributed by atoms with E-state index < -0.39 is 0 Å². The average Bonchev–Trinajstić information content (AvgIpc) is 3.20. The van der Waals surface area contributed by atoms with Crippen molar-refractivity contribution < 1.29 is 0 Å². The van der Waals surface area contributed by atoms with Crippen molar-refractivity contribution >= 4 is 338 Å². The largest absolute Gasteiger partial charge is 0.115 e. The van der Waals surface area contributed by atoms with Crippen molar-refractivity contribution in [2.24, 2.45) is 0 Å². The van der Waals surface area contributed by atoms with Crippen LogP contribution in [0.1, 0.15) is 0 Å². The Labute approximate surface area is 375 Å². The molecule has 7 rings (SSSR count). The van der Waals surface area contributed by atoms with Crippen LogP contribution < -0.4 is 126 Å². The van der Waals surface area contributed by atoms with Crippen LogP contribution in [-0.4, -0.2) is 180 Å². The molecule has 0 saturated heterocycles. The topological polar surface area (TPSA) is 0 Å². The Morgan fingerprint density at radius 1 is 0.169 bits per heavy atom. The fourth-order valence-electron chi connectivity index (χ4n) is 7.99. The van der Waals surface area contributed by atoms with Gasteiger partial charge in [-0.05, 0) is 65.7 Å². The van der Waals surface area contributed by atoms with Crippen molar-refractivity contribution in [1.29, 1.82) is 0 Å². The summed E-state index contributed by atoms with van der Waals surface area (Å²) in [5, 5.41) is 0.469. The average molecular weight is 682 g/mol. The van der Waals surface area contributed by atoms with Crippen LogP contribution in [0.3, 0.4) is 0 Å². The van der Waals surface area contributed by atoms with Gasteiger partial charge in [-0.3, -0.25) is 0 Å². The maximum absolute atomic E-state index is 7.39. The maximum Gasteiger partial charge on any atom is 0.115 e. The molecule has 0 N–H and O–H groups in total. The Balaban J connectivity index is 1.95. The van der Waals surface area contributed by atoms with E-state index in [0.29, 0.717) is 0 Å². The van der Waals surface area contributed by atoms with Gasteiger partial charge < -0.3 is 0 Å². The first-order valence-electron chi connectivity index (χ1n) is 17.2. The molecule has 23 heteroatoms. The molecular formula is C36HB23. The van der Waals surface area contributed by atoms with Crippen molar-refractivity contribution in [3.05, 3.63) is 6.07 Å². The van der Waals surface area contributed by atoms with Gasteiger partial charge in [0.1, 0.15) is 180 Å². The summed E-state index contributed by atoms with van der Waals surface area (Å²) in [7, 11) is 153. The van der Waals surface area contributed by atoms with E-state index in [-0.39, 0.29) is 191 Å². The van der Waals surface area contributed by atoms with Crippen molar-refractivity contribution in [3.63, 3.8) is 0 Å². The fraction of sp³-hybridized carbons (Fsp3) is 0. The van der Waals surface area contributed by atoms with Gasteiger partial charge in [0.15, 0.2) is 0 Å². The van der Waals surface area contributed by atoms with E-state index in [4.69, 9.17) is 180 Å². The molecule has 0 aliphatic carbocycles. The Bertz CT molecular complexity index is 3070. The van der Waals surface area contributed by atoms with Crippen LogP contribution in [0.25, 0.3) is 65.7 Å². The van der Waals surface area contributed by atoms with Crippen LogP contribution in [0.2, 0.25) is 0 Å². The lowest BCUT2D eigenvalue weighted by molar-refractivity contribution is 1.82. The minimum Gasteiger partial charge on any atom is -0.112 e. The number of rotatable bonds is 3. The summed E-state index contributed by atoms with van der Waals surface area (Å²) in [5.74, 6) is 0. The van der Waals surface area contributed by atoms with Crippen molar-refractivity contribution in [1.82, 2.24) is 0 Å². The summed E-state index contributed by atoms with van der Waals surface area (Å²) in [4.78, 5) is 0. The number of hydrogen-bond donors (Lipinski definition) is 0. The normalized spacial score (nSPS) is 11.6. The molecular weight excluding hydrogens is 681 g/mol. The molecule has 0 spiro atoms. The second-order valence-electron chi connectivity index (χ2n) is 14.2. The maximum atomic E-state index is 7.39. The molecule has 0 saturated carbocycles. The molecule has 0 aliphatic rings. The van der Waals surface area contributed by atoms with E-state index in [9.17, 15) is 0 Å². The Morgan fingerprint density at radius 3 is 0.763 bits per heavy atom. The highest BCUT2D eigenvalue weighted by Gasteiger charge is 2.30. The standard InChI is InChI=1S/C36HB23/c37-3-1-2(4-12(15(3)38)22(45)30(53)27(50)17(4)40)5-16(39)8-6(13-23(46)31(54)35(58)32(55)24(13)47)10-11(21(44)29(52)28(51)20(10)43)7(9(8)19(42)18(5)41)14-25(48)33(56)36(59)34(57)26(14)49/h1H. The third-order valence-electron chi connectivity index (χ3n) is 11.3. The minimum absolute atomic E-state index is 0.0102. The SMILES string of the molecule is [B]c1cc(-c2c([B])c([B])c3c(-c4c([B])c([B])c([B])c([B])c4[B])c4c([B])c([B])c([B])c([B])c4c(-c4c([B])c([B])c([B])c([B])c4[B])c3c2[B])c2c([B])c([B])c([B])c([B])c2c1[B]. The monoisotopic (exact) mass is 686 g/mol. The number of fused-ring (bicyclic) bond motifs is 3. The summed E-state index contributed by atoms with van der Waals surface area (Å²) in [6.07, 6.45) is 0. The van der Waals surface area contributed by atoms with Crippen LogP contribution in [0.15, 0.2) is 6.07 Å². The quantitative estimate of drug-likeness (QED) is 0.129. The molecule has 214 valence electrons. The highest BCUT2D eigenvalue weighted by Crippen LogP contribution is 2.40. The van der Waals surface area contributed by atoms with Crippen molar-refractivity contribution in [2.75, 3.05) is 0 Å². The van der Waals surface area contributed by atoms with Gasteiger partial charge >= 0.3 is 0 Å². The van der Waals surface area contributed by atoms with Crippen LogP contribution in [0.5, 0.6) is 0 Å². The molecule has 0 nitrogen and oxygen atoms in total. The fourth-order valence-corrected chi connectivity index (χ4v) is 7.99. The third-order valence-corrected chi connectivity index (χ3v) is 11.3. The van der Waals surface area contributed by atoms with Gasteiger partial charge in [0.2, 0.25) is 0 Å². The first-order valence-corrected chi connectivity index (χ1v) is 17.2. The highest BCUT2D eigenvalue weighted by molar-refractivity contribution is 6.75. The molecule has 0 unspecified atom stereocenters. The lowest BCUT2D eigenvalue weighted by Crippen LogP contribution is -2.56. The molecule has 0 heterocycles. The van der Waals surface area contributed by atoms with E-state index in [2.05, 4.69) is 0 Å². The first kappa shape index (κ1) is 43.9. The van der Waals surface area contributed by atoms with Crippen LogP contribution in [0, 0.1) is 0 Å². The summed E-state index contributed by atoms with van der Waals surface area (Å²) in [5.41, 5.74) is -2.25. The van der Waals surface area contributed by atoms with E-state index >= 15 is 0 Å². The van der Waals surface area contributed by atoms with Crippen molar-refractivity contribution in [3.8, 4) is 33.4 Å². The van der Waals surface area contributed by atoms with E-state index in [1.807, 2.05) is 0 Å². The summed E-state index contributed by atoms with van der Waals surface area (Å²) >= 11 is 0. The van der Waals surface area contributed by atoms with E-state index in [1.54, 1.807) is 0 Å². The molecule has 0 aromatic heterocycles. The Kier molecular flexibility index (Phi) is 11.2. The second-order valence-corrected chi connectivity index (χ2v) is 14.2. The predicted molar refractivity (Wildman–Crippen MR) is 279 cm³/mol. The second kappa shape index (κ2) is 15.0. The molecule has 0 atom stereocenters. The van der Waals surface area contributed by atoms with Crippen LogP contribution in [-0.2, 0) is 0 Å². The zero-order valence-corrected chi connectivity index (χ0v) is 31.4. The third kappa shape index (κ3) is 5.91. The number of hydrogen-bond acceptors (Lipinski definition) is 0. The molecule has 0 amide bonds. The van der Waals surface area contributed by atoms with E-state index in [1.165, 1.54) is 6.07 Å². The first-order chi connectivity index (χ1) is 27.4. The van der Waals surface area contributed by atoms with Gasteiger partial charge in [-0.1, -0.05) is 71.6 Å². The Hall–Kier alpha value is -3.19. The molecule has 59 heavy (non-hydrogen) atoms. The summed E-state index contributed by atoms with van der Waals surface area (Å²) in [6.45, 7) is 0. The zero-order chi connectivity index (χ0) is 43.9. The molecule has 0 bridgehead atoms. The lowest BCUT2D eigenvalue weighted by atomic mass is 9.55. The minimum atomic E-state index is -0.171. The van der Waals surface area contributed by atoms with Gasteiger partial charge in [0.05, 0.1) is 0 Å². The van der Waals surface area contributed by atoms with Crippen LogP contribution >= 0.6 is 0 Å². The van der Waals surface area contributed by atoms with Gasteiger partial charge in [0, 0.05) is 0 Å². The molecule has 7 aromatic rings. The predicted octanol–water partition coefficient (Wildman–Crippen LogP) is -17.6. The molecule has 7 aromatic carbocycles. The van der Waals surface area contributed by atoms with Gasteiger partial charge in [0.25, 0.3) is 0 Å². The Morgan fingerprint density at radius 2 is 0.407 bits per heavy atom. The highest BCUT2D eigenvalue weighted by atomic mass is 14.3. The van der Waals surface area contributed by atoms with Crippen LogP contribution in [0.4, 0.5) is 0 Å². The summed E-state index contributed by atoms with van der Waals surface area (Å²) < 4.78 is 0. The smallest absolute Gasteiger partial charge is 0.112 e. The van der Waals surface area contributed by atoms with E-state index in [0.717, 1.165) is 0 Å². The van der Waals surface area contributed by atoms with Gasteiger partial charge in [-0.15, -0.1) is 60.1 Å². The van der Waals surface area contributed by atoms with Gasteiger partial charge in [-0.2, -0.15) is 0 Å². The summed E-state index contributed by atoms with van der Waals surface area (Å²) in [6, 6.07) is 1.46. The lowest BCUT2D eigenvalue weighted by Gasteiger charge is -2.33. The number of benzene rings is 7. The zero-order valence-electron chi connectivity index (χ0n) is 31.4. The molecule has 0 aliphatic heterocycles. The van der Waals surface area contributed by atoms with Crippen molar-refractivity contribution in [2.45, 2.75) is 0 Å². The molecule has 46 radical (unpaired) electrons. The van der Waals surface area contributed by atoms with Gasteiger partial charge in [-0.25, -0.2) is 0 Å².